The molecule has 1 atom stereocenters. The fourth-order valence-electron chi connectivity index (χ4n) is 2.80. The van der Waals surface area contributed by atoms with Gasteiger partial charge < -0.3 is 4.90 Å². The number of carbonyl (C=O) groups is 1. The average Bonchev–Trinajstić information content (AvgIpc) is 3.35. The molecule has 0 unspecified atom stereocenters. The molecule has 1 aliphatic heterocycles. The van der Waals surface area contributed by atoms with Crippen molar-refractivity contribution in [1.29, 1.82) is 0 Å². The molecule has 0 saturated carbocycles. The Kier molecular flexibility index (Phi) is 3.63. The van der Waals surface area contributed by atoms with E-state index in [1.54, 1.807) is 6.20 Å². The van der Waals surface area contributed by atoms with E-state index in [1.807, 2.05) is 51.5 Å². The van der Waals surface area contributed by atoms with Gasteiger partial charge in [-0.05, 0) is 6.42 Å². The molecule has 3 heterocycles. The van der Waals surface area contributed by atoms with Gasteiger partial charge in [0, 0.05) is 30.2 Å². The van der Waals surface area contributed by atoms with Gasteiger partial charge in [0.15, 0.2) is 0 Å². The lowest BCUT2D eigenvalue weighted by Crippen LogP contribution is -2.29. The summed E-state index contributed by atoms with van der Waals surface area (Å²) < 4.78 is 1.82. The summed E-state index contributed by atoms with van der Waals surface area (Å²) in [6.45, 7) is 1.38. The van der Waals surface area contributed by atoms with Gasteiger partial charge in [-0.25, -0.2) is 9.67 Å². The van der Waals surface area contributed by atoms with Crippen molar-refractivity contribution in [2.45, 2.75) is 12.5 Å². The van der Waals surface area contributed by atoms with Crippen molar-refractivity contribution < 1.29 is 4.79 Å². The number of carbonyl (C=O) groups excluding carboxylic acids is 1. The zero-order chi connectivity index (χ0) is 15.6. The first-order valence-electron chi connectivity index (χ1n) is 7.47. The van der Waals surface area contributed by atoms with Gasteiger partial charge in [-0.2, -0.15) is 0 Å². The molecule has 0 bridgehead atoms. The first-order valence-corrected chi connectivity index (χ1v) is 8.35. The van der Waals surface area contributed by atoms with Crippen LogP contribution in [0.3, 0.4) is 0 Å². The first-order chi connectivity index (χ1) is 11.3. The maximum Gasteiger partial charge on any atom is 0.273 e. The lowest BCUT2D eigenvalue weighted by Gasteiger charge is -2.15. The van der Waals surface area contributed by atoms with Gasteiger partial charge in [0.1, 0.15) is 10.7 Å². The van der Waals surface area contributed by atoms with Gasteiger partial charge in [0.25, 0.3) is 5.91 Å². The SMILES string of the molecule is O=C(c1csc(-c2ccccc2)n1)N1CC[C@H](n2ccnn2)C1. The lowest BCUT2D eigenvalue weighted by atomic mass is 10.2. The molecule has 23 heavy (non-hydrogen) atoms. The van der Waals surface area contributed by atoms with E-state index in [-0.39, 0.29) is 11.9 Å². The van der Waals surface area contributed by atoms with Crippen LogP contribution in [-0.4, -0.2) is 43.9 Å². The molecule has 1 amide bonds. The van der Waals surface area contributed by atoms with Crippen molar-refractivity contribution in [2.24, 2.45) is 0 Å². The van der Waals surface area contributed by atoms with Crippen LogP contribution in [0.25, 0.3) is 10.6 Å². The number of hydrogen-bond donors (Lipinski definition) is 0. The highest BCUT2D eigenvalue weighted by atomic mass is 32.1. The van der Waals surface area contributed by atoms with E-state index in [0.29, 0.717) is 12.2 Å². The van der Waals surface area contributed by atoms with Crippen molar-refractivity contribution in [1.82, 2.24) is 24.9 Å². The lowest BCUT2D eigenvalue weighted by molar-refractivity contribution is 0.0782. The number of likely N-dealkylation sites (tertiary alicyclic amines) is 1. The van der Waals surface area contributed by atoms with Gasteiger partial charge in [-0.15, -0.1) is 16.4 Å². The van der Waals surface area contributed by atoms with Crippen LogP contribution in [-0.2, 0) is 0 Å². The summed E-state index contributed by atoms with van der Waals surface area (Å²) >= 11 is 1.50. The fraction of sp³-hybridized carbons (Fsp3) is 0.250. The highest BCUT2D eigenvalue weighted by Gasteiger charge is 2.29. The molecule has 116 valence electrons. The van der Waals surface area contributed by atoms with Crippen molar-refractivity contribution in [3.63, 3.8) is 0 Å². The number of rotatable bonds is 3. The zero-order valence-electron chi connectivity index (χ0n) is 12.4. The Labute approximate surface area is 137 Å². The predicted molar refractivity (Wildman–Crippen MR) is 87.1 cm³/mol. The molecule has 4 rings (SSSR count). The third kappa shape index (κ3) is 2.75. The van der Waals surface area contributed by atoms with Gasteiger partial charge >= 0.3 is 0 Å². The smallest absolute Gasteiger partial charge is 0.273 e. The van der Waals surface area contributed by atoms with E-state index in [4.69, 9.17) is 0 Å². The maximum atomic E-state index is 12.6. The molecular weight excluding hydrogens is 310 g/mol. The van der Waals surface area contributed by atoms with Crippen LogP contribution in [0.15, 0.2) is 48.1 Å². The highest BCUT2D eigenvalue weighted by molar-refractivity contribution is 7.13. The summed E-state index contributed by atoms with van der Waals surface area (Å²) in [7, 11) is 0. The standard InChI is InChI=1S/C16H15N5OS/c22-16(20-8-6-13(10-20)21-9-7-17-19-21)14-11-23-15(18-14)12-4-2-1-3-5-12/h1-5,7,9,11,13H,6,8,10H2/t13-/m0/s1. The van der Waals surface area contributed by atoms with E-state index in [0.717, 1.165) is 23.5 Å². The third-order valence-electron chi connectivity index (χ3n) is 4.01. The molecule has 6 nitrogen and oxygen atoms in total. The summed E-state index contributed by atoms with van der Waals surface area (Å²) in [5.41, 5.74) is 1.56. The first kappa shape index (κ1) is 14.1. The van der Waals surface area contributed by atoms with Gasteiger partial charge in [-0.1, -0.05) is 35.5 Å². The molecule has 0 aliphatic carbocycles. The maximum absolute atomic E-state index is 12.6. The van der Waals surface area contributed by atoms with Gasteiger partial charge in [-0.3, -0.25) is 4.79 Å². The third-order valence-corrected chi connectivity index (χ3v) is 4.90. The van der Waals surface area contributed by atoms with Crippen LogP contribution in [0.5, 0.6) is 0 Å². The summed E-state index contributed by atoms with van der Waals surface area (Å²) in [6.07, 6.45) is 4.40. The Bertz CT molecular complexity index is 799. The van der Waals surface area contributed by atoms with Crippen LogP contribution in [0.4, 0.5) is 0 Å². The number of nitrogens with zero attached hydrogens (tertiary/aromatic N) is 5. The molecule has 2 aromatic heterocycles. The highest BCUT2D eigenvalue weighted by Crippen LogP contribution is 2.26. The minimum atomic E-state index is -0.00829. The quantitative estimate of drug-likeness (QED) is 0.742. The Morgan fingerprint density at radius 2 is 2.13 bits per heavy atom. The number of thiazole rings is 1. The second kappa shape index (κ2) is 5.92. The van der Waals surface area contributed by atoms with Gasteiger partial charge in [0.05, 0.1) is 12.2 Å². The van der Waals surface area contributed by atoms with Crippen LogP contribution in [0, 0.1) is 0 Å². The molecule has 1 saturated heterocycles. The summed E-state index contributed by atoms with van der Waals surface area (Å²) in [4.78, 5) is 19.0. The number of amides is 1. The summed E-state index contributed by atoms with van der Waals surface area (Å²) in [5, 5.41) is 10.6. The second-order valence-corrected chi connectivity index (χ2v) is 6.34. The minimum absolute atomic E-state index is 0.00829. The normalized spacial score (nSPS) is 17.6. The van der Waals surface area contributed by atoms with Crippen molar-refractivity contribution in [2.75, 3.05) is 13.1 Å². The molecule has 0 radical (unpaired) electrons. The van der Waals surface area contributed by atoms with E-state index < -0.39 is 0 Å². The molecule has 1 aromatic carbocycles. The number of aromatic nitrogens is 4. The van der Waals surface area contributed by atoms with Crippen LogP contribution in [0.2, 0.25) is 0 Å². The fourth-order valence-corrected chi connectivity index (χ4v) is 3.60. The Balaban J connectivity index is 1.49. The second-order valence-electron chi connectivity index (χ2n) is 5.48. The van der Waals surface area contributed by atoms with E-state index >= 15 is 0 Å². The minimum Gasteiger partial charge on any atom is -0.335 e. The van der Waals surface area contributed by atoms with Crippen molar-refractivity contribution >= 4 is 17.2 Å². The molecule has 1 aliphatic rings. The van der Waals surface area contributed by atoms with Crippen LogP contribution in [0.1, 0.15) is 23.0 Å². The number of hydrogen-bond acceptors (Lipinski definition) is 5. The van der Waals surface area contributed by atoms with E-state index in [2.05, 4.69) is 15.3 Å². The van der Waals surface area contributed by atoms with Crippen molar-refractivity contribution in [3.8, 4) is 10.6 Å². The monoisotopic (exact) mass is 325 g/mol. The Morgan fingerprint density at radius 1 is 1.26 bits per heavy atom. The zero-order valence-corrected chi connectivity index (χ0v) is 13.2. The molecule has 3 aromatic rings. The van der Waals surface area contributed by atoms with Gasteiger partial charge in [0.2, 0.25) is 0 Å². The largest absolute Gasteiger partial charge is 0.335 e. The molecule has 7 heteroatoms. The van der Waals surface area contributed by atoms with E-state index in [1.165, 1.54) is 11.3 Å². The topological polar surface area (TPSA) is 63.9 Å². The van der Waals surface area contributed by atoms with Crippen LogP contribution >= 0.6 is 11.3 Å². The predicted octanol–water partition coefficient (Wildman–Crippen LogP) is 2.49. The van der Waals surface area contributed by atoms with E-state index in [9.17, 15) is 4.79 Å². The Hall–Kier alpha value is -2.54. The molecule has 0 N–H and O–H groups in total. The summed E-state index contributed by atoms with van der Waals surface area (Å²) in [6, 6.07) is 10.1. The molecule has 0 spiro atoms. The number of benzene rings is 1. The Morgan fingerprint density at radius 3 is 2.91 bits per heavy atom. The van der Waals surface area contributed by atoms with Crippen LogP contribution < -0.4 is 0 Å². The molecule has 1 fully saturated rings. The van der Waals surface area contributed by atoms with Crippen molar-refractivity contribution in [3.05, 3.63) is 53.8 Å². The molecular formula is C16H15N5OS. The summed E-state index contributed by atoms with van der Waals surface area (Å²) in [5.74, 6) is -0.00829. The average molecular weight is 325 g/mol.